The van der Waals surface area contributed by atoms with Gasteiger partial charge in [-0.1, -0.05) is 29.8 Å². The summed E-state index contributed by atoms with van der Waals surface area (Å²) in [5, 5.41) is 19.1. The molecule has 0 fully saturated rings. The molecule has 0 spiro atoms. The molecule has 0 aliphatic carbocycles. The van der Waals surface area contributed by atoms with Crippen LogP contribution in [-0.4, -0.2) is 22.1 Å². The van der Waals surface area contributed by atoms with E-state index in [2.05, 4.69) is 21.1 Å². The van der Waals surface area contributed by atoms with Gasteiger partial charge in [-0.05, 0) is 49.5 Å². The van der Waals surface area contributed by atoms with Crippen LogP contribution in [0.5, 0.6) is 5.75 Å². The second-order valence-corrected chi connectivity index (χ2v) is 6.54. The highest BCUT2D eigenvalue weighted by molar-refractivity contribution is 7.80. The van der Waals surface area contributed by atoms with Crippen molar-refractivity contribution in [2.45, 2.75) is 6.92 Å². The fourth-order valence-corrected chi connectivity index (χ4v) is 2.60. The van der Waals surface area contributed by atoms with Gasteiger partial charge in [-0.3, -0.25) is 10.9 Å². The highest BCUT2D eigenvalue weighted by atomic mass is 35.5. The Morgan fingerprint density at radius 3 is 2.82 bits per heavy atom. The average molecular weight is 415 g/mol. The first-order valence-corrected chi connectivity index (χ1v) is 8.88. The van der Waals surface area contributed by atoms with Gasteiger partial charge in [-0.2, -0.15) is 10.2 Å². The largest absolute Gasteiger partial charge is 0.507 e. The van der Waals surface area contributed by atoms with Crippen LogP contribution >= 0.6 is 23.8 Å². The molecule has 0 atom stereocenters. The van der Waals surface area contributed by atoms with E-state index >= 15 is 0 Å². The molecule has 28 heavy (non-hydrogen) atoms. The third-order valence-electron chi connectivity index (χ3n) is 3.72. The lowest BCUT2D eigenvalue weighted by Gasteiger charge is -2.05. The van der Waals surface area contributed by atoms with Crippen LogP contribution in [-0.2, 0) is 0 Å². The normalized spacial score (nSPS) is 11.7. The van der Waals surface area contributed by atoms with Crippen molar-refractivity contribution in [2.75, 3.05) is 0 Å². The molecule has 142 valence electrons. The fourth-order valence-electron chi connectivity index (χ4n) is 2.32. The molecule has 0 saturated heterocycles. The Bertz CT molecular complexity index is 1160. The number of para-hydroxylation sites is 1. The number of nitrogens with one attached hydrogen (secondary N) is 2. The van der Waals surface area contributed by atoms with Crippen LogP contribution < -0.4 is 16.5 Å². The van der Waals surface area contributed by atoms with Crippen LogP contribution in [0.25, 0.3) is 11.0 Å². The summed E-state index contributed by atoms with van der Waals surface area (Å²) in [4.78, 5) is 12.1. The summed E-state index contributed by atoms with van der Waals surface area (Å²) in [7, 11) is 0. The molecule has 0 aliphatic rings. The van der Waals surface area contributed by atoms with Gasteiger partial charge in [0.1, 0.15) is 11.3 Å². The lowest BCUT2D eigenvalue weighted by molar-refractivity contribution is 0.474. The molecule has 0 radical (unpaired) electrons. The number of phenols is 1. The highest BCUT2D eigenvalue weighted by Crippen LogP contribution is 2.19. The van der Waals surface area contributed by atoms with E-state index < -0.39 is 5.63 Å². The molecular weight excluding hydrogens is 400 g/mol. The summed E-state index contributed by atoms with van der Waals surface area (Å²) >= 11 is 10.9. The van der Waals surface area contributed by atoms with E-state index in [0.29, 0.717) is 27.4 Å². The average Bonchev–Trinajstić information content (AvgIpc) is 2.68. The fraction of sp³-hybridized carbons (Fsp3) is 0.0526. The Kier molecular flexibility index (Phi) is 6.03. The smallest absolute Gasteiger partial charge is 0.345 e. The first-order valence-electron chi connectivity index (χ1n) is 8.09. The molecular formula is C19H15ClN4O3S. The summed E-state index contributed by atoms with van der Waals surface area (Å²) in [5.41, 5.74) is 6.32. The van der Waals surface area contributed by atoms with Crippen molar-refractivity contribution < 1.29 is 9.52 Å². The predicted molar refractivity (Wildman–Crippen MR) is 114 cm³/mol. The summed E-state index contributed by atoms with van der Waals surface area (Å²) in [5.74, 6) is 0.0331. The van der Waals surface area contributed by atoms with Gasteiger partial charge in [0.05, 0.1) is 17.5 Å². The maximum Gasteiger partial charge on any atom is 0.345 e. The first kappa shape index (κ1) is 19.5. The maximum absolute atomic E-state index is 12.1. The van der Waals surface area contributed by atoms with Crippen molar-refractivity contribution in [2.24, 2.45) is 10.2 Å². The molecule has 9 heteroatoms. The maximum atomic E-state index is 12.1. The van der Waals surface area contributed by atoms with E-state index in [-0.39, 0.29) is 10.9 Å². The van der Waals surface area contributed by atoms with Gasteiger partial charge < -0.3 is 9.52 Å². The predicted octanol–water partition coefficient (Wildman–Crippen LogP) is 3.37. The number of rotatable bonds is 4. The van der Waals surface area contributed by atoms with Crippen molar-refractivity contribution in [1.29, 1.82) is 0 Å². The van der Waals surface area contributed by atoms with Crippen LogP contribution in [0.3, 0.4) is 0 Å². The van der Waals surface area contributed by atoms with Gasteiger partial charge in [0.15, 0.2) is 0 Å². The molecule has 0 bridgehead atoms. The number of nitrogens with zero attached hydrogens (tertiary/aromatic N) is 2. The van der Waals surface area contributed by atoms with Crippen molar-refractivity contribution in [3.05, 3.63) is 75.1 Å². The van der Waals surface area contributed by atoms with Crippen LogP contribution in [0, 0.1) is 0 Å². The number of hydrazone groups is 2. The SMILES string of the molecule is CC(=NNC(=S)NN=Cc1cc(Cl)ccc1O)c1cc2ccccc2oc1=O. The lowest BCUT2D eigenvalue weighted by Crippen LogP contribution is -2.29. The number of phenolic OH excluding ortho intramolecular Hbond substituents is 1. The minimum absolute atomic E-state index is 0.0331. The van der Waals surface area contributed by atoms with E-state index in [1.807, 2.05) is 12.1 Å². The summed E-state index contributed by atoms with van der Waals surface area (Å²) in [6.07, 6.45) is 1.36. The van der Waals surface area contributed by atoms with Crippen molar-refractivity contribution >= 4 is 51.8 Å². The molecule has 1 heterocycles. The Hall–Kier alpha value is -3.23. The number of aromatic hydroxyl groups is 1. The van der Waals surface area contributed by atoms with Crippen LogP contribution in [0.1, 0.15) is 18.1 Å². The Morgan fingerprint density at radius 1 is 1.21 bits per heavy atom. The molecule has 0 saturated carbocycles. The number of hydrogen-bond donors (Lipinski definition) is 3. The van der Waals surface area contributed by atoms with Crippen LogP contribution in [0.2, 0.25) is 5.02 Å². The standard InChI is InChI=1S/C19H15ClN4O3S/c1-11(15-9-12-4-2-3-5-17(12)27-18(15)26)22-24-19(28)23-21-10-13-8-14(20)6-7-16(13)25/h2-10,25H,1H3,(H2,23,24,28). The Balaban J connectivity index is 1.67. The zero-order chi connectivity index (χ0) is 20.1. The Morgan fingerprint density at radius 2 is 2.00 bits per heavy atom. The van der Waals surface area contributed by atoms with Crippen molar-refractivity contribution in [3.63, 3.8) is 0 Å². The molecule has 2 aromatic carbocycles. The van der Waals surface area contributed by atoms with E-state index in [1.54, 1.807) is 37.3 Å². The number of halogens is 1. The molecule has 1 aromatic heterocycles. The number of fused-ring (bicyclic) bond motifs is 1. The molecule has 0 aliphatic heterocycles. The molecule has 7 nitrogen and oxygen atoms in total. The Labute approximate surface area is 170 Å². The monoisotopic (exact) mass is 414 g/mol. The number of thiocarbonyl (C=S) groups is 1. The zero-order valence-corrected chi connectivity index (χ0v) is 16.2. The zero-order valence-electron chi connectivity index (χ0n) is 14.6. The molecule has 0 unspecified atom stereocenters. The number of hydrogen-bond acceptors (Lipinski definition) is 6. The van der Waals surface area contributed by atoms with E-state index in [1.165, 1.54) is 12.3 Å². The second kappa shape index (κ2) is 8.64. The van der Waals surface area contributed by atoms with Crippen molar-refractivity contribution in [1.82, 2.24) is 10.9 Å². The lowest BCUT2D eigenvalue weighted by atomic mass is 10.1. The summed E-state index contributed by atoms with van der Waals surface area (Å²) < 4.78 is 5.28. The van der Waals surface area contributed by atoms with E-state index in [9.17, 15) is 9.90 Å². The third-order valence-corrected chi connectivity index (χ3v) is 4.13. The van der Waals surface area contributed by atoms with E-state index in [0.717, 1.165) is 5.39 Å². The van der Waals surface area contributed by atoms with Crippen LogP contribution in [0.4, 0.5) is 0 Å². The van der Waals surface area contributed by atoms with Gasteiger partial charge in [-0.25, -0.2) is 4.79 Å². The van der Waals surface area contributed by atoms with Gasteiger partial charge in [0, 0.05) is 16.0 Å². The topological polar surface area (TPSA) is 99.2 Å². The second-order valence-electron chi connectivity index (χ2n) is 5.70. The highest BCUT2D eigenvalue weighted by Gasteiger charge is 2.08. The van der Waals surface area contributed by atoms with Crippen molar-refractivity contribution in [3.8, 4) is 5.75 Å². The first-order chi connectivity index (χ1) is 13.4. The summed E-state index contributed by atoms with van der Waals surface area (Å²) in [6, 6.07) is 13.5. The van der Waals surface area contributed by atoms with Gasteiger partial charge in [-0.15, -0.1) is 0 Å². The van der Waals surface area contributed by atoms with Gasteiger partial charge in [0.25, 0.3) is 0 Å². The quantitative estimate of drug-likeness (QED) is 0.262. The number of benzene rings is 2. The molecule has 3 aromatic rings. The molecule has 3 rings (SSSR count). The molecule has 0 amide bonds. The third kappa shape index (κ3) is 4.73. The van der Waals surface area contributed by atoms with Crippen LogP contribution in [0.15, 0.2) is 67.9 Å². The van der Waals surface area contributed by atoms with E-state index in [4.69, 9.17) is 28.2 Å². The minimum Gasteiger partial charge on any atom is -0.507 e. The summed E-state index contributed by atoms with van der Waals surface area (Å²) in [6.45, 7) is 1.66. The minimum atomic E-state index is -0.491. The molecule has 3 N–H and O–H groups in total. The van der Waals surface area contributed by atoms with Gasteiger partial charge >= 0.3 is 5.63 Å². The van der Waals surface area contributed by atoms with Gasteiger partial charge in [0.2, 0.25) is 5.11 Å².